The van der Waals surface area contributed by atoms with E-state index >= 15 is 0 Å². The minimum atomic E-state index is -0.695. The molecule has 0 spiro atoms. The van der Waals surface area contributed by atoms with E-state index in [9.17, 15) is 4.79 Å². The zero-order chi connectivity index (χ0) is 13.1. The Bertz CT molecular complexity index is 86.0. The Morgan fingerprint density at radius 3 is 1.56 bits per heavy atom. The van der Waals surface area contributed by atoms with Crippen molar-refractivity contribution in [2.75, 3.05) is 0 Å². The van der Waals surface area contributed by atoms with E-state index in [1.807, 2.05) is 0 Å². The predicted octanol–water partition coefficient (Wildman–Crippen LogP) is 4.37. The molecule has 0 saturated carbocycles. The summed E-state index contributed by atoms with van der Waals surface area (Å²) in [6.07, 6.45) is 4.06. The molecule has 0 aliphatic heterocycles. The summed E-state index contributed by atoms with van der Waals surface area (Å²) < 4.78 is 0. The van der Waals surface area contributed by atoms with Crippen molar-refractivity contribution in [3.05, 3.63) is 27.7 Å². The topological polar surface area (TPSA) is 37.3 Å². The van der Waals surface area contributed by atoms with Crippen molar-refractivity contribution < 1.29 is 35.7 Å². The van der Waals surface area contributed by atoms with E-state index in [1.54, 1.807) is 20.8 Å². The number of carboxylic acids is 1. The summed E-state index contributed by atoms with van der Waals surface area (Å²) in [5.41, 5.74) is 0. The molecule has 0 heterocycles. The van der Waals surface area contributed by atoms with Crippen LogP contribution in [0.2, 0.25) is 0 Å². The van der Waals surface area contributed by atoms with Gasteiger partial charge in [-0.15, -0.1) is 0 Å². The second kappa shape index (κ2) is 45.4. The maximum absolute atomic E-state index is 9.95. The van der Waals surface area contributed by atoms with Crippen molar-refractivity contribution in [1.29, 1.82) is 0 Å². The quantitative estimate of drug-likeness (QED) is 0.427. The first-order valence-electron chi connectivity index (χ1n) is 5.40. The first-order valence-corrected chi connectivity index (χ1v) is 5.40. The van der Waals surface area contributed by atoms with Gasteiger partial charge in [-0.3, -0.25) is 4.79 Å². The number of unbranched alkanes of at least 4 members (excludes halogenated alkanes) is 3. The third kappa shape index (κ3) is 63.5. The van der Waals surface area contributed by atoms with Gasteiger partial charge in [-0.05, 0) is 6.42 Å². The number of rotatable bonds is 5. The molecular weight excluding hydrogens is 367 g/mol. The summed E-state index contributed by atoms with van der Waals surface area (Å²) in [7, 11) is 0. The van der Waals surface area contributed by atoms with E-state index in [0.29, 0.717) is 6.42 Å². The molecule has 0 rings (SSSR count). The summed E-state index contributed by atoms with van der Waals surface area (Å²) in [6, 6.07) is 0. The van der Waals surface area contributed by atoms with Gasteiger partial charge in [-0.1, -0.05) is 12.8 Å². The molecule has 0 aliphatic rings. The third-order valence-corrected chi connectivity index (χ3v) is 1.14. The van der Waals surface area contributed by atoms with Crippen LogP contribution in [0.5, 0.6) is 0 Å². The van der Waals surface area contributed by atoms with Crippen LogP contribution in [-0.2, 0) is 30.6 Å². The maximum atomic E-state index is 9.95. The van der Waals surface area contributed by atoms with Crippen molar-refractivity contribution >= 4 is 5.97 Å². The Morgan fingerprint density at radius 2 is 1.31 bits per heavy atom. The molecule has 0 bridgehead atoms. The van der Waals surface area contributed by atoms with Gasteiger partial charge in [0.15, 0.2) is 0 Å². The number of carbonyl (C=O) groups is 1. The van der Waals surface area contributed by atoms with Gasteiger partial charge in [0.1, 0.15) is 0 Å². The van der Waals surface area contributed by atoms with Gasteiger partial charge in [0.2, 0.25) is 0 Å². The first kappa shape index (κ1) is 29.9. The molecule has 0 aromatic carbocycles. The average molecular weight is 395 g/mol. The van der Waals surface area contributed by atoms with Crippen LogP contribution < -0.4 is 0 Å². The summed E-state index contributed by atoms with van der Waals surface area (Å²) in [5, 5.41) is 8.20. The zero-order valence-electron chi connectivity index (χ0n) is 11.2. The molecule has 0 aromatic heterocycles. The molecule has 96 valence electrons. The minimum Gasteiger partial charge on any atom is -0.481 e. The first-order chi connectivity index (χ1) is 7.27. The number of hydrogen-bond donors (Lipinski definition) is 1. The monoisotopic (exact) mass is 396 g/mol. The molecule has 0 saturated heterocycles. The van der Waals surface area contributed by atoms with E-state index in [4.69, 9.17) is 5.11 Å². The van der Waals surface area contributed by atoms with Gasteiger partial charge in [0, 0.05) is 6.42 Å². The molecule has 2 nitrogen and oxygen atoms in total. The van der Waals surface area contributed by atoms with Crippen molar-refractivity contribution in [3.8, 4) is 0 Å². The van der Waals surface area contributed by atoms with Gasteiger partial charge < -0.3 is 32.8 Å². The second-order valence-corrected chi connectivity index (χ2v) is 2.06. The van der Waals surface area contributed by atoms with E-state index < -0.39 is 5.97 Å². The van der Waals surface area contributed by atoms with Crippen LogP contribution in [0.1, 0.15) is 52.9 Å². The van der Waals surface area contributed by atoms with Crippen molar-refractivity contribution in [2.45, 2.75) is 52.9 Å². The van der Waals surface area contributed by atoms with Crippen molar-refractivity contribution in [1.82, 2.24) is 0 Å². The molecule has 1 N–H and O–H groups in total. The zero-order valence-corrected chi connectivity index (χ0v) is 14.8. The Morgan fingerprint density at radius 1 is 0.938 bits per heavy atom. The summed E-state index contributed by atoms with van der Waals surface area (Å²) in [6.45, 7) is 18.7. The van der Waals surface area contributed by atoms with Crippen LogP contribution in [0.3, 0.4) is 0 Å². The standard InChI is InChI=1S/C7H13O2.3C2H5.Hf/c1-2-3-4-5-6-7(8)9;3*1-2;/h1-6H2,(H,8,9);3*1H2,2H3;/q4*-1;+4. The molecule has 0 amide bonds. The van der Waals surface area contributed by atoms with Crippen LogP contribution in [0.15, 0.2) is 0 Å². The van der Waals surface area contributed by atoms with Gasteiger partial charge in [-0.25, -0.2) is 0 Å². The average Bonchev–Trinajstić information content (AvgIpc) is 2.32. The van der Waals surface area contributed by atoms with Crippen LogP contribution in [0, 0.1) is 27.7 Å². The summed E-state index contributed by atoms with van der Waals surface area (Å²) in [5.74, 6) is -0.695. The van der Waals surface area contributed by atoms with Crippen LogP contribution >= 0.6 is 0 Å². The van der Waals surface area contributed by atoms with Gasteiger partial charge in [0.25, 0.3) is 0 Å². The molecule has 0 aliphatic carbocycles. The minimum absolute atomic E-state index is 0. The van der Waals surface area contributed by atoms with Gasteiger partial charge >= 0.3 is 31.8 Å². The smallest absolute Gasteiger partial charge is 0.481 e. The Hall–Kier alpha value is 0.340. The van der Waals surface area contributed by atoms with E-state index in [2.05, 4.69) is 27.7 Å². The Labute approximate surface area is 122 Å². The fourth-order valence-corrected chi connectivity index (χ4v) is 0.630. The molecule has 0 fully saturated rings. The molecule has 0 unspecified atom stereocenters. The van der Waals surface area contributed by atoms with Gasteiger partial charge in [0.05, 0.1) is 0 Å². The van der Waals surface area contributed by atoms with E-state index in [0.717, 1.165) is 25.7 Å². The predicted molar refractivity (Wildman–Crippen MR) is 69.2 cm³/mol. The van der Waals surface area contributed by atoms with Crippen LogP contribution in [-0.4, -0.2) is 11.1 Å². The van der Waals surface area contributed by atoms with Crippen molar-refractivity contribution in [2.24, 2.45) is 0 Å². The fourth-order valence-electron chi connectivity index (χ4n) is 0.630. The van der Waals surface area contributed by atoms with E-state index in [1.165, 1.54) is 0 Å². The Kier molecular flexibility index (Phi) is 84.8. The fraction of sp³-hybridized carbons (Fsp3) is 0.615. The normalized spacial score (nSPS) is 6.44. The van der Waals surface area contributed by atoms with Crippen LogP contribution in [0.4, 0.5) is 0 Å². The van der Waals surface area contributed by atoms with Gasteiger partial charge in [-0.2, -0.15) is 27.2 Å². The number of aliphatic carboxylic acids is 1. The van der Waals surface area contributed by atoms with E-state index in [-0.39, 0.29) is 25.8 Å². The molecular formula is C13H28HfO2. The Balaban J connectivity index is -0.0000000498. The molecule has 0 radical (unpaired) electrons. The van der Waals surface area contributed by atoms with Crippen molar-refractivity contribution in [3.63, 3.8) is 0 Å². The summed E-state index contributed by atoms with van der Waals surface area (Å²) >= 11 is 0. The summed E-state index contributed by atoms with van der Waals surface area (Å²) in [4.78, 5) is 9.95. The number of carboxylic acid groups (broad SMARTS) is 1. The molecule has 3 heteroatoms. The second-order valence-electron chi connectivity index (χ2n) is 2.06. The molecule has 0 aromatic rings. The SMILES string of the molecule is [CH2-]C.[CH2-]C.[CH2-]C.[CH2-]CCCCCC(=O)O.[Hf+4]. The maximum Gasteiger partial charge on any atom is 4.00 e. The van der Waals surface area contributed by atoms with Crippen LogP contribution in [0.25, 0.3) is 0 Å². The molecule has 16 heavy (non-hydrogen) atoms. The number of hydrogen-bond acceptors (Lipinski definition) is 1. The third-order valence-electron chi connectivity index (χ3n) is 1.14. The largest absolute Gasteiger partial charge is 4.00 e. The molecule has 0 atom stereocenters.